The van der Waals surface area contributed by atoms with E-state index in [9.17, 15) is 19.5 Å². The van der Waals surface area contributed by atoms with Gasteiger partial charge in [-0.05, 0) is 24.0 Å². The van der Waals surface area contributed by atoms with Crippen molar-refractivity contribution in [2.45, 2.75) is 45.3 Å². The van der Waals surface area contributed by atoms with Crippen molar-refractivity contribution in [2.24, 2.45) is 13.0 Å². The van der Waals surface area contributed by atoms with Gasteiger partial charge in [0.2, 0.25) is 17.7 Å². The second-order valence-corrected chi connectivity index (χ2v) is 10.8. The first-order valence-corrected chi connectivity index (χ1v) is 13.6. The third-order valence-electron chi connectivity index (χ3n) is 6.79. The number of hydrogen-bond donors (Lipinski definition) is 2. The summed E-state index contributed by atoms with van der Waals surface area (Å²) in [7, 11) is 1.66. The summed E-state index contributed by atoms with van der Waals surface area (Å²) in [5.74, 6) is -1.18. The third-order valence-corrected chi connectivity index (χ3v) is 7.76. The molecule has 206 valence electrons. The molecule has 0 unspecified atom stereocenters. The van der Waals surface area contributed by atoms with Crippen molar-refractivity contribution in [3.05, 3.63) is 59.4 Å². The lowest BCUT2D eigenvalue weighted by Gasteiger charge is -2.29. The monoisotopic (exact) mass is 551 g/mol. The Labute approximate surface area is 231 Å². The number of likely N-dealkylation sites (tertiary alicyclic amines) is 1. The van der Waals surface area contributed by atoms with Crippen LogP contribution in [0.15, 0.2) is 42.4 Å². The number of rotatable bonds is 10. The average Bonchev–Trinajstić information content (AvgIpc) is 3.60. The highest BCUT2D eigenvalue weighted by molar-refractivity contribution is 7.13. The Morgan fingerprint density at radius 1 is 1.31 bits per heavy atom. The number of carbonyl (C=O) groups excluding carboxylic acids is 3. The zero-order valence-corrected chi connectivity index (χ0v) is 23.3. The van der Waals surface area contributed by atoms with E-state index in [0.717, 1.165) is 21.7 Å². The summed E-state index contributed by atoms with van der Waals surface area (Å²) in [5.41, 5.74) is 5.41. The number of nitrogens with one attached hydrogen (secondary N) is 1. The summed E-state index contributed by atoms with van der Waals surface area (Å²) in [5, 5.41) is 17.7. The minimum absolute atomic E-state index is 0.0385. The van der Waals surface area contributed by atoms with Gasteiger partial charge in [-0.15, -0.1) is 11.3 Å². The third kappa shape index (κ3) is 6.10. The molecule has 0 radical (unpaired) electrons. The van der Waals surface area contributed by atoms with Gasteiger partial charge in [0, 0.05) is 31.8 Å². The minimum atomic E-state index is -0.862. The molecule has 10 nitrogen and oxygen atoms in total. The quantitative estimate of drug-likeness (QED) is 0.371. The molecule has 1 aliphatic rings. The van der Waals surface area contributed by atoms with E-state index in [1.165, 1.54) is 9.58 Å². The number of β-amino-alcohol motifs (C(OH)–C–C–N with tert-alkyl or cyclic N) is 1. The molecule has 39 heavy (non-hydrogen) atoms. The number of carbonyl (C=O) groups is 3. The molecule has 2 amide bonds. The van der Waals surface area contributed by atoms with Gasteiger partial charge in [-0.2, -0.15) is 5.10 Å². The fourth-order valence-electron chi connectivity index (χ4n) is 4.82. The number of aromatic nitrogens is 3. The van der Waals surface area contributed by atoms with Gasteiger partial charge < -0.3 is 20.1 Å². The molecule has 0 saturated carbocycles. The lowest BCUT2D eigenvalue weighted by atomic mass is 9.90. The number of benzene rings is 1. The summed E-state index contributed by atoms with van der Waals surface area (Å²) < 4.78 is 6.86. The zero-order chi connectivity index (χ0) is 28.3. The fraction of sp³-hybridized carbons (Fsp3) is 0.393. The van der Waals surface area contributed by atoms with Gasteiger partial charge in [0.1, 0.15) is 12.6 Å². The predicted molar refractivity (Wildman–Crippen MR) is 148 cm³/mol. The number of thiazole rings is 1. The normalized spacial score (nSPS) is 17.7. The molecular formula is C28H33N5O5S. The maximum atomic E-state index is 13.8. The Balaban J connectivity index is 1.49. The second-order valence-electron chi connectivity index (χ2n) is 9.94. The smallest absolute Gasteiger partial charge is 0.247 e. The van der Waals surface area contributed by atoms with Crippen molar-refractivity contribution in [2.75, 3.05) is 13.2 Å². The van der Waals surface area contributed by atoms with Gasteiger partial charge >= 0.3 is 0 Å². The van der Waals surface area contributed by atoms with Crippen molar-refractivity contribution in [3.63, 3.8) is 0 Å². The number of aldehydes is 1. The molecule has 3 atom stereocenters. The lowest BCUT2D eigenvalue weighted by Crippen LogP contribution is -2.47. The van der Waals surface area contributed by atoms with Gasteiger partial charge in [0.15, 0.2) is 6.29 Å². The van der Waals surface area contributed by atoms with Gasteiger partial charge in [0.25, 0.3) is 0 Å². The first kappa shape index (κ1) is 28.2. The minimum Gasteiger partial charge on any atom is -0.470 e. The van der Waals surface area contributed by atoms with Crippen LogP contribution >= 0.6 is 11.3 Å². The van der Waals surface area contributed by atoms with E-state index in [1.54, 1.807) is 30.0 Å². The number of hydrogen-bond acceptors (Lipinski definition) is 8. The van der Waals surface area contributed by atoms with Gasteiger partial charge in [-0.25, -0.2) is 9.67 Å². The number of nitrogens with zero attached hydrogens (tertiary/aromatic N) is 4. The van der Waals surface area contributed by atoms with Crippen molar-refractivity contribution in [1.82, 2.24) is 25.0 Å². The van der Waals surface area contributed by atoms with E-state index < -0.39 is 24.0 Å². The van der Waals surface area contributed by atoms with Gasteiger partial charge in [-0.3, -0.25) is 14.4 Å². The molecule has 1 aliphatic heterocycles. The average molecular weight is 552 g/mol. The molecule has 1 saturated heterocycles. The van der Waals surface area contributed by atoms with E-state index in [-0.39, 0.29) is 31.4 Å². The number of aryl methyl sites for hydroxylation is 2. The van der Waals surface area contributed by atoms with Crippen molar-refractivity contribution >= 4 is 35.1 Å². The molecule has 0 aliphatic carbocycles. The summed E-state index contributed by atoms with van der Waals surface area (Å²) in [4.78, 5) is 44.6. The number of aliphatic hydroxyl groups excluding tert-OH is 1. The van der Waals surface area contributed by atoms with E-state index in [4.69, 9.17) is 4.74 Å². The van der Waals surface area contributed by atoms with Crippen molar-refractivity contribution in [3.8, 4) is 16.3 Å². The van der Waals surface area contributed by atoms with E-state index in [2.05, 4.69) is 22.0 Å². The van der Waals surface area contributed by atoms with Gasteiger partial charge in [0.05, 0.1) is 33.8 Å². The molecule has 1 aromatic carbocycles. The van der Waals surface area contributed by atoms with Crippen LogP contribution in [0.25, 0.3) is 16.1 Å². The molecule has 11 heteroatoms. The molecule has 0 spiro atoms. The Hall–Kier alpha value is -3.83. The zero-order valence-electron chi connectivity index (χ0n) is 22.5. The van der Waals surface area contributed by atoms with Crippen LogP contribution in [-0.4, -0.2) is 68.2 Å². The summed E-state index contributed by atoms with van der Waals surface area (Å²) in [6, 6.07) is 8.43. The molecule has 1 fully saturated rings. The number of amides is 2. The standard InChI is InChI=1S/C28H33N5O5S/c1-16(2)25(22-13-24(32(5)31-22)38-11-10-34)28(37)33-14-21(35)12-23(33)27(36)30-17(3)19-6-8-20(9-7-19)26-18(4)29-15-39-26/h6-10,13,15-16,21,23,25,35H,3,11-12,14H2,1-2,4-5H3,(H,30,36)/t21-,23+,25+/m1/s1. The molecule has 2 N–H and O–H groups in total. The Kier molecular flexibility index (Phi) is 8.61. The molecule has 2 aromatic heterocycles. The van der Waals surface area contributed by atoms with Crippen molar-refractivity contribution < 1.29 is 24.2 Å². The molecule has 4 rings (SSSR count). The van der Waals surface area contributed by atoms with Crippen LogP contribution in [0.4, 0.5) is 0 Å². The van der Waals surface area contributed by atoms with Crippen LogP contribution in [0.3, 0.4) is 0 Å². The molecular weight excluding hydrogens is 518 g/mol. The highest BCUT2D eigenvalue weighted by Gasteiger charge is 2.43. The van der Waals surface area contributed by atoms with Crippen LogP contribution in [0, 0.1) is 12.8 Å². The van der Waals surface area contributed by atoms with Crippen LogP contribution in [0.1, 0.15) is 43.1 Å². The van der Waals surface area contributed by atoms with Crippen LogP contribution < -0.4 is 10.1 Å². The fourth-order valence-corrected chi connectivity index (χ4v) is 5.63. The first-order chi connectivity index (χ1) is 18.6. The number of aliphatic hydroxyl groups is 1. The largest absolute Gasteiger partial charge is 0.470 e. The summed E-state index contributed by atoms with van der Waals surface area (Å²) in [6.07, 6.45) is -0.0745. The van der Waals surface area contributed by atoms with E-state index in [1.807, 2.05) is 45.0 Å². The second kappa shape index (κ2) is 11.9. The highest BCUT2D eigenvalue weighted by atomic mass is 32.1. The Morgan fingerprint density at radius 2 is 2.03 bits per heavy atom. The SMILES string of the molecule is C=C(NC(=O)[C@@H]1C[C@@H](O)CN1C(=O)[C@H](c1cc(OCC=O)n(C)n1)C(C)C)c1ccc(-c2scnc2C)cc1. The van der Waals surface area contributed by atoms with Crippen LogP contribution in [0.5, 0.6) is 5.88 Å². The Morgan fingerprint density at radius 3 is 2.64 bits per heavy atom. The van der Waals surface area contributed by atoms with Crippen molar-refractivity contribution in [1.29, 1.82) is 0 Å². The molecule has 3 aromatic rings. The summed E-state index contributed by atoms with van der Waals surface area (Å²) >= 11 is 1.56. The Bertz CT molecular complexity index is 1360. The molecule has 0 bridgehead atoms. The van der Waals surface area contributed by atoms with Gasteiger partial charge in [-0.1, -0.05) is 44.7 Å². The maximum Gasteiger partial charge on any atom is 0.247 e. The van der Waals surface area contributed by atoms with Crippen LogP contribution in [0.2, 0.25) is 0 Å². The van der Waals surface area contributed by atoms with E-state index in [0.29, 0.717) is 23.6 Å². The van der Waals surface area contributed by atoms with E-state index >= 15 is 0 Å². The topological polar surface area (TPSA) is 127 Å². The first-order valence-electron chi connectivity index (χ1n) is 12.7. The number of ether oxygens (including phenoxy) is 1. The lowest BCUT2D eigenvalue weighted by molar-refractivity contribution is -0.140. The highest BCUT2D eigenvalue weighted by Crippen LogP contribution is 2.32. The van der Waals surface area contributed by atoms with Crippen LogP contribution in [-0.2, 0) is 21.4 Å². The summed E-state index contributed by atoms with van der Waals surface area (Å²) in [6.45, 7) is 9.68. The predicted octanol–water partition coefficient (Wildman–Crippen LogP) is 2.92. The maximum absolute atomic E-state index is 13.8. The molecule has 3 heterocycles.